The molecule has 110 valence electrons. The first kappa shape index (κ1) is 15.3. The number of rotatable bonds is 6. The number of hydrogen-bond acceptors (Lipinski definition) is 2. The molecule has 0 saturated heterocycles. The van der Waals surface area contributed by atoms with Crippen molar-refractivity contribution in [3.05, 3.63) is 34.3 Å². The SMILES string of the molecule is C[C@H](Cc1ccccc1Br)NC(=O)NCC1(CO)CC1. The Hall–Kier alpha value is -1.07. The number of urea groups is 1. The summed E-state index contributed by atoms with van der Waals surface area (Å²) in [5.41, 5.74) is 1.12. The lowest BCUT2D eigenvalue weighted by Crippen LogP contribution is -2.44. The van der Waals surface area contributed by atoms with Crippen LogP contribution in [0.15, 0.2) is 28.7 Å². The van der Waals surface area contributed by atoms with E-state index in [-0.39, 0.29) is 24.1 Å². The molecular weight excluding hydrogens is 320 g/mol. The molecule has 1 aromatic rings. The number of nitrogens with one attached hydrogen (secondary N) is 2. The zero-order chi connectivity index (χ0) is 14.6. The normalized spacial score (nSPS) is 17.4. The van der Waals surface area contributed by atoms with E-state index in [1.54, 1.807) is 0 Å². The van der Waals surface area contributed by atoms with E-state index in [2.05, 4.69) is 26.6 Å². The monoisotopic (exact) mass is 340 g/mol. The quantitative estimate of drug-likeness (QED) is 0.744. The second-order valence-corrected chi connectivity index (χ2v) is 6.54. The average Bonchev–Trinajstić information content (AvgIpc) is 3.20. The predicted octanol–water partition coefficient (Wildman–Crippen LogP) is 2.45. The number of carbonyl (C=O) groups excluding carboxylic acids is 1. The molecule has 0 heterocycles. The van der Waals surface area contributed by atoms with Crippen molar-refractivity contribution in [1.29, 1.82) is 0 Å². The highest BCUT2D eigenvalue weighted by Crippen LogP contribution is 2.44. The summed E-state index contributed by atoms with van der Waals surface area (Å²) in [6, 6.07) is 7.90. The highest BCUT2D eigenvalue weighted by atomic mass is 79.9. The molecule has 1 fully saturated rings. The molecule has 2 rings (SSSR count). The second kappa shape index (κ2) is 6.59. The number of halogens is 1. The summed E-state index contributed by atoms with van der Waals surface area (Å²) in [6.07, 6.45) is 2.77. The summed E-state index contributed by atoms with van der Waals surface area (Å²) in [5.74, 6) is 0. The Morgan fingerprint density at radius 3 is 2.75 bits per heavy atom. The van der Waals surface area contributed by atoms with Crippen LogP contribution in [0.2, 0.25) is 0 Å². The summed E-state index contributed by atoms with van der Waals surface area (Å²) in [4.78, 5) is 11.8. The van der Waals surface area contributed by atoms with E-state index >= 15 is 0 Å². The first-order valence-electron chi connectivity index (χ1n) is 6.93. The zero-order valence-electron chi connectivity index (χ0n) is 11.7. The van der Waals surface area contributed by atoms with Gasteiger partial charge in [0.1, 0.15) is 0 Å². The third kappa shape index (κ3) is 4.21. The third-order valence-electron chi connectivity index (χ3n) is 3.78. The van der Waals surface area contributed by atoms with Gasteiger partial charge in [0.25, 0.3) is 0 Å². The number of aliphatic hydroxyl groups is 1. The Kier molecular flexibility index (Phi) is 5.05. The van der Waals surface area contributed by atoms with Crippen LogP contribution in [0.25, 0.3) is 0 Å². The van der Waals surface area contributed by atoms with Gasteiger partial charge in [-0.15, -0.1) is 0 Å². The summed E-state index contributed by atoms with van der Waals surface area (Å²) in [6.45, 7) is 2.69. The molecule has 0 aromatic heterocycles. The Bertz CT molecular complexity index is 475. The fourth-order valence-electron chi connectivity index (χ4n) is 2.16. The number of benzene rings is 1. The first-order valence-corrected chi connectivity index (χ1v) is 7.73. The van der Waals surface area contributed by atoms with E-state index in [0.717, 1.165) is 23.7 Å². The van der Waals surface area contributed by atoms with E-state index in [0.29, 0.717) is 6.54 Å². The van der Waals surface area contributed by atoms with E-state index < -0.39 is 0 Å². The lowest BCUT2D eigenvalue weighted by atomic mass is 10.1. The lowest BCUT2D eigenvalue weighted by molar-refractivity contribution is 0.202. The van der Waals surface area contributed by atoms with Crippen molar-refractivity contribution >= 4 is 22.0 Å². The lowest BCUT2D eigenvalue weighted by Gasteiger charge is -2.17. The predicted molar refractivity (Wildman–Crippen MR) is 82.6 cm³/mol. The van der Waals surface area contributed by atoms with E-state index in [4.69, 9.17) is 0 Å². The van der Waals surface area contributed by atoms with Gasteiger partial charge in [-0.05, 0) is 37.8 Å². The number of aliphatic hydroxyl groups excluding tert-OH is 1. The Balaban J connectivity index is 1.75. The molecular formula is C15H21BrN2O2. The highest BCUT2D eigenvalue weighted by molar-refractivity contribution is 9.10. The van der Waals surface area contributed by atoms with Gasteiger partial charge in [0.2, 0.25) is 0 Å². The topological polar surface area (TPSA) is 61.4 Å². The van der Waals surface area contributed by atoms with Crippen molar-refractivity contribution in [3.8, 4) is 0 Å². The van der Waals surface area contributed by atoms with E-state index in [9.17, 15) is 9.90 Å². The molecule has 1 aliphatic rings. The molecule has 1 saturated carbocycles. The van der Waals surface area contributed by atoms with Gasteiger partial charge in [-0.25, -0.2) is 4.79 Å². The van der Waals surface area contributed by atoms with Gasteiger partial charge in [0, 0.05) is 22.5 Å². The van der Waals surface area contributed by atoms with Crippen LogP contribution in [0.4, 0.5) is 4.79 Å². The van der Waals surface area contributed by atoms with Gasteiger partial charge < -0.3 is 15.7 Å². The Morgan fingerprint density at radius 2 is 2.15 bits per heavy atom. The van der Waals surface area contributed by atoms with Gasteiger partial charge in [-0.2, -0.15) is 0 Å². The second-order valence-electron chi connectivity index (χ2n) is 5.68. The van der Waals surface area contributed by atoms with Crippen molar-refractivity contribution in [3.63, 3.8) is 0 Å². The third-order valence-corrected chi connectivity index (χ3v) is 4.55. The molecule has 0 spiro atoms. The van der Waals surface area contributed by atoms with Gasteiger partial charge in [0.05, 0.1) is 6.61 Å². The van der Waals surface area contributed by atoms with Crippen molar-refractivity contribution < 1.29 is 9.90 Å². The maximum atomic E-state index is 11.8. The van der Waals surface area contributed by atoms with Gasteiger partial charge in [-0.1, -0.05) is 34.1 Å². The van der Waals surface area contributed by atoms with Crippen molar-refractivity contribution in [2.24, 2.45) is 5.41 Å². The van der Waals surface area contributed by atoms with Crippen LogP contribution in [-0.4, -0.2) is 30.3 Å². The summed E-state index contributed by atoms with van der Waals surface area (Å²) in [5, 5.41) is 15.0. The molecule has 0 bridgehead atoms. The molecule has 2 amide bonds. The molecule has 5 heteroatoms. The van der Waals surface area contributed by atoms with Gasteiger partial charge >= 0.3 is 6.03 Å². The molecule has 20 heavy (non-hydrogen) atoms. The molecule has 1 aromatic carbocycles. The van der Waals surface area contributed by atoms with Crippen molar-refractivity contribution in [2.75, 3.05) is 13.2 Å². The smallest absolute Gasteiger partial charge is 0.315 e. The molecule has 0 aliphatic heterocycles. The van der Waals surface area contributed by atoms with Crippen molar-refractivity contribution in [2.45, 2.75) is 32.2 Å². The molecule has 1 aliphatic carbocycles. The summed E-state index contributed by atoms with van der Waals surface area (Å²) >= 11 is 3.51. The maximum absolute atomic E-state index is 11.8. The van der Waals surface area contributed by atoms with E-state index in [1.165, 1.54) is 5.56 Å². The Morgan fingerprint density at radius 1 is 1.45 bits per heavy atom. The standard InChI is InChI=1S/C15H21BrN2O2/c1-11(8-12-4-2-3-5-13(12)16)18-14(20)17-9-15(10-19)6-7-15/h2-5,11,19H,6-10H2,1H3,(H2,17,18,20)/t11-/m1/s1. The molecule has 1 atom stereocenters. The van der Waals surface area contributed by atoms with Crippen LogP contribution < -0.4 is 10.6 Å². The van der Waals surface area contributed by atoms with Crippen LogP contribution in [0.1, 0.15) is 25.3 Å². The molecule has 0 radical (unpaired) electrons. The summed E-state index contributed by atoms with van der Waals surface area (Å²) < 4.78 is 1.06. The minimum atomic E-state index is -0.163. The van der Waals surface area contributed by atoms with Crippen LogP contribution in [0.5, 0.6) is 0 Å². The first-order chi connectivity index (χ1) is 9.54. The fraction of sp³-hybridized carbons (Fsp3) is 0.533. The van der Waals surface area contributed by atoms with Crippen LogP contribution in [0.3, 0.4) is 0 Å². The van der Waals surface area contributed by atoms with Crippen LogP contribution in [-0.2, 0) is 6.42 Å². The summed E-state index contributed by atoms with van der Waals surface area (Å²) in [7, 11) is 0. The molecule has 3 N–H and O–H groups in total. The molecule has 0 unspecified atom stereocenters. The minimum absolute atomic E-state index is 0.0525. The number of carbonyl (C=O) groups is 1. The zero-order valence-corrected chi connectivity index (χ0v) is 13.2. The van der Waals surface area contributed by atoms with Crippen LogP contribution in [0, 0.1) is 5.41 Å². The highest BCUT2D eigenvalue weighted by Gasteiger charge is 2.42. The number of amides is 2. The van der Waals surface area contributed by atoms with Crippen molar-refractivity contribution in [1.82, 2.24) is 10.6 Å². The molecule has 4 nitrogen and oxygen atoms in total. The fourth-order valence-corrected chi connectivity index (χ4v) is 2.60. The van der Waals surface area contributed by atoms with E-state index in [1.807, 2.05) is 31.2 Å². The van der Waals surface area contributed by atoms with Crippen LogP contribution >= 0.6 is 15.9 Å². The Labute approximate surface area is 128 Å². The maximum Gasteiger partial charge on any atom is 0.315 e. The van der Waals surface area contributed by atoms with Gasteiger partial charge in [0.15, 0.2) is 0 Å². The number of hydrogen-bond donors (Lipinski definition) is 3. The average molecular weight is 341 g/mol. The van der Waals surface area contributed by atoms with Gasteiger partial charge in [-0.3, -0.25) is 0 Å². The minimum Gasteiger partial charge on any atom is -0.396 e. The largest absolute Gasteiger partial charge is 0.396 e.